The van der Waals surface area contributed by atoms with Crippen molar-refractivity contribution in [3.05, 3.63) is 91.0 Å². The van der Waals surface area contributed by atoms with E-state index in [0.717, 1.165) is 12.8 Å². The predicted octanol–water partition coefficient (Wildman–Crippen LogP) is 5.17. The van der Waals surface area contributed by atoms with Crippen molar-refractivity contribution in [3.63, 3.8) is 0 Å². The smallest absolute Gasteiger partial charge is 0.132 e. The van der Waals surface area contributed by atoms with Crippen molar-refractivity contribution < 1.29 is 4.79 Å². The molecule has 0 saturated carbocycles. The summed E-state index contributed by atoms with van der Waals surface area (Å²) in [5, 5.41) is 3.76. The zero-order valence-electron chi connectivity index (χ0n) is 16.7. The molecule has 0 aliphatic carbocycles. The predicted molar refractivity (Wildman–Crippen MR) is 122 cm³/mol. The van der Waals surface area contributed by atoms with Crippen LogP contribution in [-0.4, -0.2) is 12.3 Å². The van der Waals surface area contributed by atoms with E-state index in [1.165, 1.54) is 15.9 Å². The van der Waals surface area contributed by atoms with Gasteiger partial charge in [-0.05, 0) is 19.8 Å². The van der Waals surface area contributed by atoms with Crippen molar-refractivity contribution in [2.75, 3.05) is 6.54 Å². The van der Waals surface area contributed by atoms with Crippen LogP contribution in [-0.2, 0) is 4.79 Å². The van der Waals surface area contributed by atoms with Gasteiger partial charge in [-0.3, -0.25) is 9.54 Å². The minimum Gasteiger partial charge on any atom is -0.300 e. The fourth-order valence-corrected chi connectivity index (χ4v) is 7.29. The summed E-state index contributed by atoms with van der Waals surface area (Å²) in [5.41, 5.74) is 0. The van der Waals surface area contributed by atoms with Crippen LogP contribution in [0.25, 0.3) is 0 Å². The number of ketones is 1. The van der Waals surface area contributed by atoms with Gasteiger partial charge in [-0.1, -0.05) is 97.9 Å². The van der Waals surface area contributed by atoms with Crippen LogP contribution >= 0.6 is 7.05 Å². The van der Waals surface area contributed by atoms with Gasteiger partial charge in [0.25, 0.3) is 0 Å². The van der Waals surface area contributed by atoms with E-state index in [1.54, 1.807) is 6.92 Å². The van der Waals surface area contributed by atoms with Crippen molar-refractivity contribution in [2.24, 2.45) is 10.7 Å². The highest BCUT2D eigenvalue weighted by atomic mass is 31.2. The van der Waals surface area contributed by atoms with Crippen LogP contribution in [0.15, 0.2) is 95.7 Å². The normalized spacial score (nSPS) is 12.4. The van der Waals surface area contributed by atoms with Crippen molar-refractivity contribution in [3.8, 4) is 0 Å². The van der Waals surface area contributed by atoms with Crippen LogP contribution in [0.3, 0.4) is 0 Å². The molecule has 0 saturated heterocycles. The molecule has 3 rings (SSSR count). The Kier molecular flexibility index (Phi) is 7.01. The van der Waals surface area contributed by atoms with Crippen LogP contribution in [0.2, 0.25) is 0 Å². The molecule has 0 spiro atoms. The third kappa shape index (κ3) is 4.34. The summed E-state index contributed by atoms with van der Waals surface area (Å²) >= 11 is 0. The van der Waals surface area contributed by atoms with Gasteiger partial charge in [-0.2, -0.15) is 0 Å². The van der Waals surface area contributed by atoms with Crippen LogP contribution in [0.1, 0.15) is 26.7 Å². The van der Waals surface area contributed by atoms with Gasteiger partial charge in [0, 0.05) is 28.4 Å². The monoisotopic (exact) mass is 389 g/mol. The Hall–Kier alpha value is -2.44. The van der Waals surface area contributed by atoms with E-state index in [4.69, 9.17) is 4.74 Å². The van der Waals surface area contributed by atoms with Gasteiger partial charge in [0.2, 0.25) is 0 Å². The molecule has 0 amide bonds. The van der Waals surface area contributed by atoms with Gasteiger partial charge >= 0.3 is 0 Å². The van der Waals surface area contributed by atoms with E-state index in [-0.39, 0.29) is 11.7 Å². The van der Waals surface area contributed by atoms with Gasteiger partial charge in [0.15, 0.2) is 0 Å². The molecule has 0 fully saturated rings. The number of Topliss-reactive ketones (excluding diaryl/α,β-unsaturated/α-hetero) is 1. The summed E-state index contributed by atoms with van der Waals surface area (Å²) in [6.07, 6.45) is 1.68. The molecule has 3 heteroatoms. The fourth-order valence-electron chi connectivity index (χ4n) is 3.68. The lowest BCUT2D eigenvalue weighted by Crippen LogP contribution is -2.25. The van der Waals surface area contributed by atoms with Crippen molar-refractivity contribution in [2.45, 2.75) is 26.7 Å². The Labute approximate surface area is 168 Å². The quantitative estimate of drug-likeness (QED) is 0.489. The molecular formula is C25H28NOP. The van der Waals surface area contributed by atoms with Crippen LogP contribution in [0.4, 0.5) is 0 Å². The Bertz CT molecular complexity index is 833. The first-order valence-corrected chi connectivity index (χ1v) is 11.7. The summed E-state index contributed by atoms with van der Waals surface area (Å²) in [5.74, 6) is 0.355. The Morgan fingerprint density at radius 1 is 0.786 bits per heavy atom. The molecule has 2 nitrogen and oxygen atoms in total. The Balaban J connectivity index is 2.19. The maximum Gasteiger partial charge on any atom is 0.132 e. The molecule has 1 unspecified atom stereocenters. The Morgan fingerprint density at radius 2 is 1.18 bits per heavy atom. The maximum atomic E-state index is 11.9. The van der Waals surface area contributed by atoms with E-state index in [9.17, 15) is 4.79 Å². The molecule has 1 atom stereocenters. The molecule has 0 N–H and O–H groups in total. The highest BCUT2D eigenvalue weighted by Gasteiger charge is 2.26. The van der Waals surface area contributed by atoms with Crippen molar-refractivity contribution in [1.82, 2.24) is 0 Å². The lowest BCUT2D eigenvalue weighted by Gasteiger charge is -2.27. The minimum atomic E-state index is -2.14. The molecule has 0 radical (unpaired) electrons. The molecule has 0 aromatic heterocycles. The van der Waals surface area contributed by atoms with E-state index in [0.29, 0.717) is 6.54 Å². The second-order valence-electron chi connectivity index (χ2n) is 7.01. The molecule has 144 valence electrons. The maximum absolute atomic E-state index is 11.9. The first kappa shape index (κ1) is 20.3. The summed E-state index contributed by atoms with van der Waals surface area (Å²) in [6.45, 7) is 4.47. The Morgan fingerprint density at radius 3 is 1.50 bits per heavy atom. The van der Waals surface area contributed by atoms with E-state index >= 15 is 0 Å². The molecule has 0 bridgehead atoms. The SMILES string of the molecule is CCC(CCN=P(c1ccccc1)(c1ccccc1)c1ccccc1)C(C)=O. The zero-order valence-corrected chi connectivity index (χ0v) is 17.6. The summed E-state index contributed by atoms with van der Waals surface area (Å²) in [7, 11) is -2.14. The van der Waals surface area contributed by atoms with Crippen molar-refractivity contribution in [1.29, 1.82) is 0 Å². The largest absolute Gasteiger partial charge is 0.300 e. The molecule has 3 aromatic rings. The molecule has 0 aliphatic rings. The lowest BCUT2D eigenvalue weighted by molar-refractivity contribution is -0.120. The van der Waals surface area contributed by atoms with E-state index < -0.39 is 7.05 Å². The van der Waals surface area contributed by atoms with Crippen molar-refractivity contribution >= 4 is 28.8 Å². The van der Waals surface area contributed by atoms with Gasteiger partial charge in [-0.15, -0.1) is 0 Å². The first-order valence-electron chi connectivity index (χ1n) is 9.94. The van der Waals surface area contributed by atoms with Gasteiger partial charge in [0.1, 0.15) is 5.78 Å². The minimum absolute atomic E-state index is 0.0907. The standard InChI is InChI=1S/C25H28NOP/c1-3-22(21(2)27)19-20-26-28(23-13-7-4-8-14-23,24-15-9-5-10-16-24)25-17-11-6-12-18-25/h4-18,22H,3,19-20H2,1-2H3. The third-order valence-corrected chi connectivity index (χ3v) is 9.01. The summed E-state index contributed by atoms with van der Waals surface area (Å²) < 4.78 is 5.40. The number of nitrogens with zero attached hydrogens (tertiary/aromatic N) is 1. The number of benzene rings is 3. The molecule has 0 aliphatic heterocycles. The van der Waals surface area contributed by atoms with Gasteiger partial charge in [0.05, 0.1) is 7.05 Å². The van der Waals surface area contributed by atoms with Gasteiger partial charge in [-0.25, -0.2) is 0 Å². The molecule has 3 aromatic carbocycles. The van der Waals surface area contributed by atoms with Crippen LogP contribution in [0.5, 0.6) is 0 Å². The zero-order chi connectivity index (χ0) is 19.8. The number of hydrogen-bond donors (Lipinski definition) is 0. The van der Waals surface area contributed by atoms with Gasteiger partial charge < -0.3 is 0 Å². The molecular weight excluding hydrogens is 361 g/mol. The highest BCUT2D eigenvalue weighted by Crippen LogP contribution is 2.46. The van der Waals surface area contributed by atoms with E-state index in [1.807, 2.05) is 0 Å². The number of carbonyl (C=O) groups is 1. The number of carbonyl (C=O) groups excluding carboxylic acids is 1. The second kappa shape index (κ2) is 9.66. The number of rotatable bonds is 8. The lowest BCUT2D eigenvalue weighted by atomic mass is 9.99. The third-order valence-electron chi connectivity index (χ3n) is 5.25. The number of hydrogen-bond acceptors (Lipinski definition) is 2. The van der Waals surface area contributed by atoms with E-state index in [2.05, 4.69) is 97.9 Å². The first-order chi connectivity index (χ1) is 13.7. The average molecular weight is 389 g/mol. The molecule has 0 heterocycles. The fraction of sp³-hybridized carbons (Fsp3) is 0.240. The topological polar surface area (TPSA) is 29.4 Å². The van der Waals surface area contributed by atoms with Crippen LogP contribution < -0.4 is 15.9 Å². The summed E-state index contributed by atoms with van der Waals surface area (Å²) in [4.78, 5) is 11.9. The van der Waals surface area contributed by atoms with Crippen LogP contribution in [0, 0.1) is 5.92 Å². The second-order valence-corrected chi connectivity index (χ2v) is 10.1. The summed E-state index contributed by atoms with van der Waals surface area (Å²) in [6, 6.07) is 31.9. The average Bonchev–Trinajstić information content (AvgIpc) is 2.76. The molecule has 28 heavy (non-hydrogen) atoms. The highest BCUT2D eigenvalue weighted by molar-refractivity contribution is 7.87.